The van der Waals surface area contributed by atoms with Gasteiger partial charge in [-0.05, 0) is 111 Å². The molecule has 0 aromatic rings. The van der Waals surface area contributed by atoms with Crippen LogP contribution in [0.5, 0.6) is 0 Å². The molecule has 8 aliphatic rings. The Bertz CT molecular complexity index is 2020. The standard InChI is InChI=1S/C54H92O23/c1-23(2)24(58)10-15-54(9,77-47-42(69)38(65)36(63)29(74-47)22-70-45-40(67)35(62)28(21-57)71-45)53(8)17-16-52(7)44(53)25(59)18-31-50(5)13-12-32(49(3,4)30(50)11-14-51(31,52)6)75-48-43(39(66)34(61)27(20-56)73-48)76-46-41(68)37(64)33(60)26(19-55)72-46/h24-48,55-69H,1,10-22H2,2-9H3. The molecule has 15 N–H and O–H groups in total. The number of aliphatic hydroxyl groups is 15. The average molecular weight is 1110 g/mol. The van der Waals surface area contributed by atoms with Gasteiger partial charge in [0.05, 0.1) is 50.3 Å². The lowest BCUT2D eigenvalue weighted by atomic mass is 9.34. The van der Waals surface area contributed by atoms with Gasteiger partial charge in [0, 0.05) is 5.41 Å². The normalized spacial score (nSPS) is 53.0. The second-order valence-corrected chi connectivity index (χ2v) is 26.0. The molecule has 4 aliphatic heterocycles. The van der Waals surface area contributed by atoms with Gasteiger partial charge in [-0.1, -0.05) is 53.7 Å². The molecule has 0 aromatic heterocycles. The minimum atomic E-state index is -1.83. The van der Waals surface area contributed by atoms with Gasteiger partial charge in [0.15, 0.2) is 25.2 Å². The summed E-state index contributed by atoms with van der Waals surface area (Å²) in [5.74, 6) is -0.398. The quantitative estimate of drug-likeness (QED) is 0.0543. The summed E-state index contributed by atoms with van der Waals surface area (Å²) in [6.45, 7) is 18.3. The van der Waals surface area contributed by atoms with Crippen LogP contribution in [0.1, 0.15) is 113 Å². The summed E-state index contributed by atoms with van der Waals surface area (Å²) in [5, 5.41) is 163. The van der Waals surface area contributed by atoms with E-state index in [1.54, 1.807) is 6.92 Å². The molecule has 4 aliphatic carbocycles. The fourth-order valence-electron chi connectivity index (χ4n) is 16.5. The van der Waals surface area contributed by atoms with Crippen molar-refractivity contribution in [3.05, 3.63) is 12.2 Å². The zero-order valence-corrected chi connectivity index (χ0v) is 45.8. The molecule has 4 saturated heterocycles. The van der Waals surface area contributed by atoms with Crippen molar-refractivity contribution in [3.8, 4) is 0 Å². The maximum atomic E-state index is 13.0. The van der Waals surface area contributed by atoms with E-state index in [9.17, 15) is 76.6 Å². The van der Waals surface area contributed by atoms with Crippen molar-refractivity contribution in [2.45, 2.75) is 254 Å². The second kappa shape index (κ2) is 22.8. The van der Waals surface area contributed by atoms with E-state index in [1.165, 1.54) is 0 Å². The molecule has 23 nitrogen and oxygen atoms in total. The van der Waals surface area contributed by atoms with Crippen molar-refractivity contribution in [2.24, 2.45) is 44.8 Å². The van der Waals surface area contributed by atoms with Crippen molar-refractivity contribution >= 4 is 0 Å². The summed E-state index contributed by atoms with van der Waals surface area (Å²) in [5.41, 5.74) is -3.43. The first-order valence-corrected chi connectivity index (χ1v) is 27.8. The third kappa shape index (κ3) is 10.3. The van der Waals surface area contributed by atoms with Crippen molar-refractivity contribution in [1.29, 1.82) is 0 Å². The predicted molar refractivity (Wildman–Crippen MR) is 266 cm³/mol. The molecule has 0 spiro atoms. The topological polar surface area (TPSA) is 377 Å². The minimum Gasteiger partial charge on any atom is -0.394 e. The van der Waals surface area contributed by atoms with Crippen LogP contribution in [-0.2, 0) is 37.9 Å². The number of rotatable bonds is 17. The fraction of sp³-hybridized carbons (Fsp3) is 0.963. The summed E-state index contributed by atoms with van der Waals surface area (Å²) in [6.07, 6.45) is -27.1. The highest BCUT2D eigenvalue weighted by Gasteiger charge is 2.75. The largest absolute Gasteiger partial charge is 0.394 e. The third-order valence-electron chi connectivity index (χ3n) is 21.6. The predicted octanol–water partition coefficient (Wildman–Crippen LogP) is -2.20. The van der Waals surface area contributed by atoms with Gasteiger partial charge < -0.3 is 114 Å². The summed E-state index contributed by atoms with van der Waals surface area (Å²) < 4.78 is 48.9. The maximum absolute atomic E-state index is 13.0. The first kappa shape index (κ1) is 61.9. The molecule has 8 fully saturated rings. The number of hydrogen-bond acceptors (Lipinski definition) is 23. The SMILES string of the molecule is C=C(C)C(O)CCC(C)(OC1OC(COC2OC(CO)C(O)C2O)C(O)C(O)C1O)C1(C)CCC2(C)C1C(O)CC1C3(C)CCC(OC4OC(CO)C(O)C(O)C4OC4OC(CO)C(O)C(O)C4O)C(C)(C)C3CCC12C. The van der Waals surface area contributed by atoms with Gasteiger partial charge in [-0.2, -0.15) is 0 Å². The van der Waals surface area contributed by atoms with E-state index in [0.717, 1.165) is 12.8 Å². The summed E-state index contributed by atoms with van der Waals surface area (Å²) in [6, 6.07) is 0. The van der Waals surface area contributed by atoms with Gasteiger partial charge in [-0.3, -0.25) is 0 Å². The van der Waals surface area contributed by atoms with Gasteiger partial charge in [0.25, 0.3) is 0 Å². The monoisotopic (exact) mass is 1110 g/mol. The van der Waals surface area contributed by atoms with Crippen molar-refractivity contribution in [1.82, 2.24) is 0 Å². The highest BCUT2D eigenvalue weighted by molar-refractivity contribution is 5.23. The van der Waals surface area contributed by atoms with Gasteiger partial charge in [0.1, 0.15) is 91.6 Å². The van der Waals surface area contributed by atoms with Gasteiger partial charge >= 0.3 is 0 Å². The molecule has 0 aromatic carbocycles. The molecule has 23 heteroatoms. The minimum absolute atomic E-state index is 0.00838. The van der Waals surface area contributed by atoms with Crippen molar-refractivity contribution in [2.75, 3.05) is 26.4 Å². The molecular formula is C54H92O23. The summed E-state index contributed by atoms with van der Waals surface area (Å²) in [7, 11) is 0. The molecule has 77 heavy (non-hydrogen) atoms. The van der Waals surface area contributed by atoms with Crippen LogP contribution >= 0.6 is 0 Å². The van der Waals surface area contributed by atoms with Crippen LogP contribution in [0.15, 0.2) is 12.2 Å². The molecular weight excluding hydrogens is 1020 g/mol. The Balaban J connectivity index is 1.03. The Hall–Kier alpha value is -1.18. The summed E-state index contributed by atoms with van der Waals surface area (Å²) in [4.78, 5) is 0. The van der Waals surface area contributed by atoms with Crippen LogP contribution < -0.4 is 0 Å². The van der Waals surface area contributed by atoms with E-state index in [1.807, 2.05) is 6.92 Å². The molecule has 4 heterocycles. The van der Waals surface area contributed by atoms with E-state index in [-0.39, 0.29) is 35.5 Å². The van der Waals surface area contributed by atoms with E-state index >= 15 is 0 Å². The molecule has 0 radical (unpaired) electrons. The lowest BCUT2D eigenvalue weighted by Gasteiger charge is -2.71. The molecule has 0 bridgehead atoms. The van der Waals surface area contributed by atoms with E-state index in [4.69, 9.17) is 37.9 Å². The number of aliphatic hydroxyl groups excluding tert-OH is 15. The lowest BCUT2D eigenvalue weighted by Crippen LogP contribution is -2.69. The Morgan fingerprint density at radius 1 is 0.584 bits per heavy atom. The molecule has 30 atom stereocenters. The molecule has 4 saturated carbocycles. The van der Waals surface area contributed by atoms with Crippen LogP contribution in [0.4, 0.5) is 0 Å². The van der Waals surface area contributed by atoms with Gasteiger partial charge in [-0.15, -0.1) is 0 Å². The van der Waals surface area contributed by atoms with Crippen LogP contribution in [0.25, 0.3) is 0 Å². The zero-order valence-electron chi connectivity index (χ0n) is 45.8. The van der Waals surface area contributed by atoms with Gasteiger partial charge in [0.2, 0.25) is 0 Å². The Labute approximate surface area is 450 Å². The van der Waals surface area contributed by atoms with Crippen molar-refractivity contribution < 1.29 is 114 Å². The summed E-state index contributed by atoms with van der Waals surface area (Å²) >= 11 is 0. The second-order valence-electron chi connectivity index (χ2n) is 26.0. The maximum Gasteiger partial charge on any atom is 0.187 e. The van der Waals surface area contributed by atoms with E-state index in [2.05, 4.69) is 48.1 Å². The smallest absolute Gasteiger partial charge is 0.187 e. The average Bonchev–Trinajstić information content (AvgIpc) is 4.10. The first-order chi connectivity index (χ1) is 35.9. The van der Waals surface area contributed by atoms with Crippen LogP contribution in [0.3, 0.4) is 0 Å². The fourth-order valence-corrected chi connectivity index (χ4v) is 16.5. The van der Waals surface area contributed by atoms with E-state index < -0.39 is 189 Å². The van der Waals surface area contributed by atoms with Crippen molar-refractivity contribution in [3.63, 3.8) is 0 Å². The molecule has 30 unspecified atom stereocenters. The van der Waals surface area contributed by atoms with Crippen LogP contribution in [0, 0.1) is 44.8 Å². The van der Waals surface area contributed by atoms with Gasteiger partial charge in [-0.25, -0.2) is 0 Å². The van der Waals surface area contributed by atoms with E-state index in [0.29, 0.717) is 37.7 Å². The number of ether oxygens (including phenoxy) is 8. The Morgan fingerprint density at radius 3 is 1.70 bits per heavy atom. The highest BCUT2D eigenvalue weighted by atomic mass is 16.8. The highest BCUT2D eigenvalue weighted by Crippen LogP contribution is 2.78. The van der Waals surface area contributed by atoms with Crippen LogP contribution in [-0.4, -0.2) is 244 Å². The zero-order chi connectivity index (χ0) is 56.9. The number of fused-ring (bicyclic) bond motifs is 5. The third-order valence-corrected chi connectivity index (χ3v) is 21.6. The molecule has 446 valence electrons. The molecule has 8 rings (SSSR count). The Morgan fingerprint density at radius 2 is 1.10 bits per heavy atom. The molecule has 0 amide bonds. The Kier molecular flexibility index (Phi) is 18.3. The van der Waals surface area contributed by atoms with Crippen LogP contribution in [0.2, 0.25) is 0 Å². The number of hydrogen-bond donors (Lipinski definition) is 15. The lowest BCUT2D eigenvalue weighted by molar-refractivity contribution is -0.378. The first-order valence-electron chi connectivity index (χ1n) is 27.8.